The fourth-order valence-corrected chi connectivity index (χ4v) is 1.52. The smallest absolute Gasteiger partial charge is 0.407 e. The second-order valence-electron chi connectivity index (χ2n) is 2.85. The van der Waals surface area contributed by atoms with Crippen LogP contribution in [0.4, 0.5) is 4.79 Å². The van der Waals surface area contributed by atoms with E-state index < -0.39 is 6.09 Å². The third-order valence-electron chi connectivity index (χ3n) is 2.09. The Labute approximate surface area is 75.1 Å². The summed E-state index contributed by atoms with van der Waals surface area (Å²) in [7, 11) is 0. The van der Waals surface area contributed by atoms with Gasteiger partial charge in [0, 0.05) is 19.0 Å². The van der Waals surface area contributed by atoms with Gasteiger partial charge in [-0.2, -0.15) is 0 Å². The highest BCUT2D eigenvalue weighted by Crippen LogP contribution is 2.19. The van der Waals surface area contributed by atoms with Crippen LogP contribution in [-0.2, 0) is 4.79 Å². The number of carboxylic acid groups (broad SMARTS) is 1. The normalized spacial score (nSPS) is 19.2. The summed E-state index contributed by atoms with van der Waals surface area (Å²) in [5.74, 6) is -0.151. The Kier molecular flexibility index (Phi) is 2.92. The molecule has 1 amide bonds. The minimum Gasteiger partial charge on any atom is -0.465 e. The van der Waals surface area contributed by atoms with Crippen molar-refractivity contribution in [3.8, 4) is 0 Å². The van der Waals surface area contributed by atoms with E-state index in [9.17, 15) is 9.59 Å². The zero-order chi connectivity index (χ0) is 9.14. The van der Waals surface area contributed by atoms with Crippen molar-refractivity contribution in [1.29, 1.82) is 0 Å². The third kappa shape index (κ3) is 2.11. The average molecular weight is 192 g/mol. The molecule has 1 N–H and O–H groups in total. The first-order valence-corrected chi connectivity index (χ1v) is 4.16. The molecule has 1 saturated heterocycles. The highest BCUT2D eigenvalue weighted by molar-refractivity contribution is 6.63. The minimum absolute atomic E-state index is 0.151. The molecule has 0 atom stereocenters. The van der Waals surface area contributed by atoms with E-state index in [1.165, 1.54) is 4.90 Å². The van der Waals surface area contributed by atoms with Gasteiger partial charge in [0.1, 0.15) is 0 Å². The number of amides is 1. The molecular weight excluding hydrogens is 182 g/mol. The molecule has 1 heterocycles. The topological polar surface area (TPSA) is 57.6 Å². The molecule has 5 heteroatoms. The summed E-state index contributed by atoms with van der Waals surface area (Å²) in [6.07, 6.45) is 0.180. The molecule has 4 nitrogen and oxygen atoms in total. The van der Waals surface area contributed by atoms with Gasteiger partial charge < -0.3 is 10.0 Å². The quantitative estimate of drug-likeness (QED) is 0.633. The number of likely N-dealkylation sites (tertiary alicyclic amines) is 1. The molecule has 0 aliphatic carbocycles. The van der Waals surface area contributed by atoms with Crippen molar-refractivity contribution in [2.45, 2.75) is 12.8 Å². The van der Waals surface area contributed by atoms with E-state index in [1.807, 2.05) is 0 Å². The largest absolute Gasteiger partial charge is 0.465 e. The molecule has 1 fully saturated rings. The van der Waals surface area contributed by atoms with E-state index >= 15 is 0 Å². The summed E-state index contributed by atoms with van der Waals surface area (Å²) in [6.45, 7) is 0.830. The summed E-state index contributed by atoms with van der Waals surface area (Å²) in [5.41, 5.74) is 0. The fraction of sp³-hybridized carbons (Fsp3) is 0.714. The number of carbonyl (C=O) groups excluding carboxylic acids is 1. The lowest BCUT2D eigenvalue weighted by molar-refractivity contribution is -0.116. The summed E-state index contributed by atoms with van der Waals surface area (Å²) in [6, 6.07) is 0. The van der Waals surface area contributed by atoms with E-state index in [2.05, 4.69) is 0 Å². The van der Waals surface area contributed by atoms with Crippen LogP contribution in [0.5, 0.6) is 0 Å². The van der Waals surface area contributed by atoms with E-state index in [0.29, 0.717) is 25.9 Å². The van der Waals surface area contributed by atoms with Crippen molar-refractivity contribution in [2.75, 3.05) is 13.1 Å². The van der Waals surface area contributed by atoms with E-state index in [0.717, 1.165) is 0 Å². The van der Waals surface area contributed by atoms with Crippen LogP contribution < -0.4 is 0 Å². The number of hydrogen-bond acceptors (Lipinski definition) is 2. The second-order valence-corrected chi connectivity index (χ2v) is 3.22. The Morgan fingerprint density at radius 2 is 1.83 bits per heavy atom. The van der Waals surface area contributed by atoms with Gasteiger partial charge in [-0.05, 0) is 24.4 Å². The van der Waals surface area contributed by atoms with Crippen molar-refractivity contribution in [1.82, 2.24) is 4.90 Å². The van der Waals surface area contributed by atoms with Gasteiger partial charge in [0.2, 0.25) is 5.24 Å². The predicted octanol–water partition coefficient (Wildman–Crippen LogP) is 1.14. The van der Waals surface area contributed by atoms with Gasteiger partial charge in [0.15, 0.2) is 0 Å². The summed E-state index contributed by atoms with van der Waals surface area (Å²) >= 11 is 5.28. The zero-order valence-corrected chi connectivity index (χ0v) is 7.25. The highest BCUT2D eigenvalue weighted by Gasteiger charge is 2.25. The van der Waals surface area contributed by atoms with Crippen LogP contribution in [0.2, 0.25) is 0 Å². The van der Waals surface area contributed by atoms with Gasteiger partial charge in [-0.15, -0.1) is 0 Å². The fourth-order valence-electron chi connectivity index (χ4n) is 1.30. The van der Waals surface area contributed by atoms with Crippen molar-refractivity contribution < 1.29 is 14.7 Å². The van der Waals surface area contributed by atoms with Crippen LogP contribution in [0, 0.1) is 5.92 Å². The van der Waals surface area contributed by atoms with E-state index in [-0.39, 0.29) is 11.2 Å². The molecule has 0 radical (unpaired) electrons. The summed E-state index contributed by atoms with van der Waals surface area (Å²) in [4.78, 5) is 22.4. The van der Waals surface area contributed by atoms with Gasteiger partial charge in [-0.3, -0.25) is 4.79 Å². The number of nitrogens with zero attached hydrogens (tertiary/aromatic N) is 1. The van der Waals surface area contributed by atoms with E-state index in [4.69, 9.17) is 16.7 Å². The molecule has 0 aromatic rings. The molecule has 0 aromatic carbocycles. The molecule has 0 saturated carbocycles. The van der Waals surface area contributed by atoms with Crippen LogP contribution in [0.25, 0.3) is 0 Å². The van der Waals surface area contributed by atoms with Crippen molar-refractivity contribution in [3.63, 3.8) is 0 Å². The molecule has 1 rings (SSSR count). The summed E-state index contributed by atoms with van der Waals surface area (Å²) < 4.78 is 0. The van der Waals surface area contributed by atoms with Gasteiger partial charge >= 0.3 is 6.09 Å². The molecule has 1 aliphatic rings. The Bertz CT molecular complexity index is 177. The second kappa shape index (κ2) is 3.76. The molecule has 0 spiro atoms. The average Bonchev–Trinajstić information content (AvgIpc) is 2.04. The Balaban J connectivity index is 2.39. The van der Waals surface area contributed by atoms with Crippen LogP contribution in [0.1, 0.15) is 12.8 Å². The lowest BCUT2D eigenvalue weighted by Crippen LogP contribution is -2.38. The predicted molar refractivity (Wildman–Crippen MR) is 43.2 cm³/mol. The maximum Gasteiger partial charge on any atom is 0.407 e. The standard InChI is InChI=1S/C7H10ClNO3/c8-6(10)5-1-3-9(4-2-5)7(11)12/h5H,1-4H2,(H,11,12). The molecule has 0 bridgehead atoms. The van der Waals surface area contributed by atoms with Gasteiger partial charge in [-0.25, -0.2) is 4.79 Å². The maximum atomic E-state index is 10.7. The van der Waals surface area contributed by atoms with Crippen LogP contribution in [0.3, 0.4) is 0 Å². The lowest BCUT2D eigenvalue weighted by Gasteiger charge is -2.27. The minimum atomic E-state index is -0.921. The maximum absolute atomic E-state index is 10.7. The molecule has 0 aromatic heterocycles. The monoisotopic (exact) mass is 191 g/mol. The van der Waals surface area contributed by atoms with Crippen molar-refractivity contribution >= 4 is 22.9 Å². The van der Waals surface area contributed by atoms with Crippen molar-refractivity contribution in [3.05, 3.63) is 0 Å². The third-order valence-corrected chi connectivity index (χ3v) is 2.40. The first-order chi connectivity index (χ1) is 5.61. The van der Waals surface area contributed by atoms with Crippen LogP contribution >= 0.6 is 11.6 Å². The van der Waals surface area contributed by atoms with Crippen LogP contribution in [-0.4, -0.2) is 34.4 Å². The number of rotatable bonds is 1. The number of hydrogen-bond donors (Lipinski definition) is 1. The highest BCUT2D eigenvalue weighted by atomic mass is 35.5. The first kappa shape index (κ1) is 9.32. The van der Waals surface area contributed by atoms with Gasteiger partial charge in [0.05, 0.1) is 0 Å². The molecule has 0 unspecified atom stereocenters. The Morgan fingerprint density at radius 3 is 2.17 bits per heavy atom. The van der Waals surface area contributed by atoms with Crippen molar-refractivity contribution in [2.24, 2.45) is 5.92 Å². The zero-order valence-electron chi connectivity index (χ0n) is 6.49. The Morgan fingerprint density at radius 1 is 1.33 bits per heavy atom. The molecule has 68 valence electrons. The van der Waals surface area contributed by atoms with Gasteiger partial charge in [-0.1, -0.05) is 0 Å². The first-order valence-electron chi connectivity index (χ1n) is 3.78. The summed E-state index contributed by atoms with van der Waals surface area (Å²) in [5, 5.41) is 8.22. The molecule has 1 aliphatic heterocycles. The van der Waals surface area contributed by atoms with Gasteiger partial charge in [0.25, 0.3) is 0 Å². The Hall–Kier alpha value is -0.770. The van der Waals surface area contributed by atoms with E-state index in [1.54, 1.807) is 0 Å². The molecule has 12 heavy (non-hydrogen) atoms. The molecular formula is C7H10ClNO3. The lowest BCUT2D eigenvalue weighted by atomic mass is 9.99. The SMILES string of the molecule is O=C(Cl)C1CCN(C(=O)O)CC1. The number of halogens is 1. The number of carbonyl (C=O) groups is 2. The number of piperidine rings is 1. The van der Waals surface area contributed by atoms with Crippen LogP contribution in [0.15, 0.2) is 0 Å².